The van der Waals surface area contributed by atoms with Crippen molar-refractivity contribution >= 4 is 19.5 Å². The third-order valence-electron chi connectivity index (χ3n) is 2.76. The van der Waals surface area contributed by atoms with Crippen LogP contribution in [0.1, 0.15) is 32.6 Å². The van der Waals surface area contributed by atoms with Crippen LogP contribution in [0.15, 0.2) is 25.3 Å². The minimum Gasteiger partial charge on any atom is -0.462 e. The fourth-order valence-electron chi connectivity index (χ4n) is 1.51. The number of ether oxygens (including phenoxy) is 2. The van der Waals surface area contributed by atoms with Gasteiger partial charge in [0.2, 0.25) is 0 Å². The SMILES string of the molecule is C=CC(=O)OCCCOP(=O)(CCCC)OCCCOC(=O)C=C. The molecule has 0 aliphatic heterocycles. The molecule has 0 fully saturated rings. The smallest absolute Gasteiger partial charge is 0.330 e. The lowest BCUT2D eigenvalue weighted by molar-refractivity contribution is -0.138. The van der Waals surface area contributed by atoms with Crippen molar-refractivity contribution in [2.75, 3.05) is 32.6 Å². The van der Waals surface area contributed by atoms with Gasteiger partial charge in [-0.15, -0.1) is 0 Å². The van der Waals surface area contributed by atoms with E-state index in [9.17, 15) is 14.2 Å². The Morgan fingerprint density at radius 1 is 0.875 bits per heavy atom. The highest BCUT2D eigenvalue weighted by atomic mass is 31.2. The standard InChI is InChI=1S/C16H27O7P/c1-4-7-14-24(19,22-12-8-10-20-15(17)5-2)23-13-9-11-21-16(18)6-3/h5-6H,2-4,7-14H2,1H3. The monoisotopic (exact) mass is 362 g/mol. The number of carbonyl (C=O) groups excluding carboxylic acids is 2. The molecule has 0 aromatic heterocycles. The molecule has 0 amide bonds. The van der Waals surface area contributed by atoms with Gasteiger partial charge < -0.3 is 18.5 Å². The van der Waals surface area contributed by atoms with Gasteiger partial charge in [-0.1, -0.05) is 26.5 Å². The van der Waals surface area contributed by atoms with Crippen molar-refractivity contribution in [2.24, 2.45) is 0 Å². The van der Waals surface area contributed by atoms with Crippen LogP contribution in [0.5, 0.6) is 0 Å². The summed E-state index contributed by atoms with van der Waals surface area (Å²) < 4.78 is 33.0. The molecule has 24 heavy (non-hydrogen) atoms. The second-order valence-electron chi connectivity index (χ2n) is 4.80. The summed E-state index contributed by atoms with van der Waals surface area (Å²) in [4.78, 5) is 21.8. The van der Waals surface area contributed by atoms with Gasteiger partial charge in [-0.05, 0) is 6.42 Å². The van der Waals surface area contributed by atoms with Crippen LogP contribution in [0.3, 0.4) is 0 Å². The maximum Gasteiger partial charge on any atom is 0.330 e. The second-order valence-corrected chi connectivity index (χ2v) is 6.99. The Bertz CT molecular complexity index is 414. The summed E-state index contributed by atoms with van der Waals surface area (Å²) in [6.07, 6.45) is 4.89. The predicted octanol–water partition coefficient (Wildman–Crippen LogP) is 3.25. The second kappa shape index (κ2) is 14.0. The molecule has 0 aromatic rings. The first kappa shape index (κ1) is 22.6. The lowest BCUT2D eigenvalue weighted by Crippen LogP contribution is -2.08. The van der Waals surface area contributed by atoms with Gasteiger partial charge in [-0.25, -0.2) is 9.59 Å². The molecular weight excluding hydrogens is 335 g/mol. The van der Waals surface area contributed by atoms with Crippen molar-refractivity contribution in [3.63, 3.8) is 0 Å². The first-order chi connectivity index (χ1) is 11.5. The van der Waals surface area contributed by atoms with Crippen LogP contribution in [0.25, 0.3) is 0 Å². The number of esters is 2. The molecule has 138 valence electrons. The van der Waals surface area contributed by atoms with E-state index in [4.69, 9.17) is 18.5 Å². The normalized spacial score (nSPS) is 10.9. The Labute approximate surface area is 143 Å². The van der Waals surface area contributed by atoms with Gasteiger partial charge >= 0.3 is 19.5 Å². The maximum atomic E-state index is 12.6. The quantitative estimate of drug-likeness (QED) is 0.191. The fraction of sp³-hybridized carbons (Fsp3) is 0.625. The largest absolute Gasteiger partial charge is 0.462 e. The Morgan fingerprint density at radius 2 is 1.33 bits per heavy atom. The third-order valence-corrected chi connectivity index (χ3v) is 4.78. The van der Waals surface area contributed by atoms with Gasteiger partial charge in [0, 0.05) is 25.0 Å². The van der Waals surface area contributed by atoms with Crippen molar-refractivity contribution in [3.8, 4) is 0 Å². The molecule has 0 N–H and O–H groups in total. The summed E-state index contributed by atoms with van der Waals surface area (Å²) in [6, 6.07) is 0. The van der Waals surface area contributed by atoms with Crippen molar-refractivity contribution < 1.29 is 32.7 Å². The lowest BCUT2D eigenvalue weighted by Gasteiger charge is -2.18. The highest BCUT2D eigenvalue weighted by Crippen LogP contribution is 2.49. The third kappa shape index (κ3) is 12.0. The summed E-state index contributed by atoms with van der Waals surface area (Å²) in [7, 11) is -3.20. The molecule has 0 aromatic carbocycles. The highest BCUT2D eigenvalue weighted by Gasteiger charge is 2.23. The van der Waals surface area contributed by atoms with Crippen molar-refractivity contribution in [3.05, 3.63) is 25.3 Å². The first-order valence-electron chi connectivity index (χ1n) is 7.94. The molecule has 0 aliphatic carbocycles. The highest BCUT2D eigenvalue weighted by molar-refractivity contribution is 7.53. The van der Waals surface area contributed by atoms with Crippen LogP contribution in [0.2, 0.25) is 0 Å². The molecule has 0 bridgehead atoms. The molecule has 0 radical (unpaired) electrons. The van der Waals surface area contributed by atoms with Crippen LogP contribution in [-0.2, 0) is 32.7 Å². The molecule has 8 heteroatoms. The van der Waals surface area contributed by atoms with Crippen molar-refractivity contribution in [1.29, 1.82) is 0 Å². The van der Waals surface area contributed by atoms with Crippen LogP contribution < -0.4 is 0 Å². The summed E-state index contributed by atoms with van der Waals surface area (Å²) in [6.45, 7) is 9.21. The van der Waals surface area contributed by atoms with Crippen LogP contribution in [0.4, 0.5) is 0 Å². The zero-order valence-corrected chi connectivity index (χ0v) is 15.1. The predicted molar refractivity (Wildman–Crippen MR) is 90.8 cm³/mol. The van der Waals surface area contributed by atoms with E-state index in [1.807, 2.05) is 6.92 Å². The molecular formula is C16H27O7P. The lowest BCUT2D eigenvalue weighted by atomic mass is 10.4. The molecule has 0 aliphatic rings. The Morgan fingerprint density at radius 3 is 1.71 bits per heavy atom. The molecule has 0 saturated heterocycles. The van der Waals surface area contributed by atoms with E-state index in [0.717, 1.165) is 18.6 Å². The number of rotatable bonds is 15. The van der Waals surface area contributed by atoms with Gasteiger partial charge in [-0.3, -0.25) is 4.57 Å². The summed E-state index contributed by atoms with van der Waals surface area (Å²) in [5.74, 6) is -1.01. The maximum absolute atomic E-state index is 12.6. The summed E-state index contributed by atoms with van der Waals surface area (Å²) in [5.41, 5.74) is 0. The van der Waals surface area contributed by atoms with E-state index >= 15 is 0 Å². The number of hydrogen-bond acceptors (Lipinski definition) is 7. The molecule has 0 atom stereocenters. The molecule has 0 unspecified atom stereocenters. The van der Waals surface area contributed by atoms with Crippen LogP contribution >= 0.6 is 7.60 Å². The van der Waals surface area contributed by atoms with Gasteiger partial charge in [0.05, 0.1) is 32.6 Å². The molecule has 0 rings (SSSR count). The van der Waals surface area contributed by atoms with Gasteiger partial charge in [0.15, 0.2) is 0 Å². The fourth-order valence-corrected chi connectivity index (χ4v) is 3.36. The Kier molecular flexibility index (Phi) is 13.1. The zero-order valence-electron chi connectivity index (χ0n) is 14.2. The van der Waals surface area contributed by atoms with Gasteiger partial charge in [-0.2, -0.15) is 0 Å². The number of hydrogen-bond donors (Lipinski definition) is 0. The average molecular weight is 362 g/mol. The first-order valence-corrected chi connectivity index (χ1v) is 9.66. The van der Waals surface area contributed by atoms with Crippen molar-refractivity contribution in [1.82, 2.24) is 0 Å². The number of unbranched alkanes of at least 4 members (excludes halogenated alkanes) is 1. The van der Waals surface area contributed by atoms with E-state index < -0.39 is 19.5 Å². The van der Waals surface area contributed by atoms with Gasteiger partial charge in [0.1, 0.15) is 0 Å². The Hall–Kier alpha value is -1.43. The van der Waals surface area contributed by atoms with Gasteiger partial charge in [0.25, 0.3) is 0 Å². The summed E-state index contributed by atoms with van der Waals surface area (Å²) >= 11 is 0. The van der Waals surface area contributed by atoms with Crippen LogP contribution in [0, 0.1) is 0 Å². The van der Waals surface area contributed by atoms with E-state index in [0.29, 0.717) is 25.4 Å². The molecule has 0 saturated carbocycles. The van der Waals surface area contributed by atoms with E-state index in [1.54, 1.807) is 0 Å². The van der Waals surface area contributed by atoms with Crippen molar-refractivity contribution in [2.45, 2.75) is 32.6 Å². The van der Waals surface area contributed by atoms with E-state index in [-0.39, 0.29) is 26.4 Å². The zero-order chi connectivity index (χ0) is 18.3. The number of carbonyl (C=O) groups is 2. The van der Waals surface area contributed by atoms with E-state index in [2.05, 4.69) is 13.2 Å². The summed E-state index contributed by atoms with van der Waals surface area (Å²) in [5, 5.41) is 0. The topological polar surface area (TPSA) is 88.1 Å². The minimum atomic E-state index is -3.20. The average Bonchev–Trinajstić information content (AvgIpc) is 2.59. The van der Waals surface area contributed by atoms with E-state index in [1.165, 1.54) is 0 Å². The molecule has 0 spiro atoms. The van der Waals surface area contributed by atoms with Crippen LogP contribution in [-0.4, -0.2) is 44.5 Å². The molecule has 0 heterocycles. The minimum absolute atomic E-state index is 0.163. The Balaban J connectivity index is 4.08. The molecule has 7 nitrogen and oxygen atoms in total.